The lowest BCUT2D eigenvalue weighted by molar-refractivity contribution is -0.0466. The molecule has 2 aliphatic rings. The van der Waals surface area contributed by atoms with E-state index in [1.165, 1.54) is 0 Å². The number of pyridine rings is 1. The third-order valence-electron chi connectivity index (χ3n) is 6.16. The molecule has 2 heterocycles. The molecule has 0 spiro atoms. The summed E-state index contributed by atoms with van der Waals surface area (Å²) in [6, 6.07) is 23.8. The van der Waals surface area contributed by atoms with Crippen molar-refractivity contribution in [3.8, 4) is 17.1 Å². The molecule has 1 N–H and O–H groups in total. The zero-order valence-corrected chi connectivity index (χ0v) is 22.0. The van der Waals surface area contributed by atoms with E-state index in [-0.39, 0.29) is 6.61 Å². The van der Waals surface area contributed by atoms with Crippen LogP contribution >= 0.6 is 11.6 Å². The van der Waals surface area contributed by atoms with Crippen LogP contribution in [0.1, 0.15) is 12.6 Å². The lowest BCUT2D eigenvalue weighted by Crippen LogP contribution is -2.33. The number of aromatic nitrogens is 3. The molecule has 0 saturated carbocycles. The molecular weight excluding hydrogens is 486 g/mol. The number of hydrogen-bond donors (Lipinski definition) is 1. The lowest BCUT2D eigenvalue weighted by Gasteiger charge is -2.24. The summed E-state index contributed by atoms with van der Waals surface area (Å²) in [5.41, 5.74) is 6.09. The Hall–Kier alpha value is -3.78. The van der Waals surface area contributed by atoms with Gasteiger partial charge in [-0.25, -0.2) is 9.98 Å². The van der Waals surface area contributed by atoms with E-state index in [1.54, 1.807) is 20.4 Å². The molecule has 5 rings (SSSR count). The van der Waals surface area contributed by atoms with Crippen molar-refractivity contribution >= 4 is 34.0 Å². The maximum absolute atomic E-state index is 6.40. The summed E-state index contributed by atoms with van der Waals surface area (Å²) >= 11 is 6.40. The third-order valence-corrected chi connectivity index (χ3v) is 6.40. The molecule has 1 unspecified atom stereocenters. The van der Waals surface area contributed by atoms with Gasteiger partial charge in [-0.05, 0) is 68.4 Å². The first-order valence-electron chi connectivity index (χ1n) is 11.9. The van der Waals surface area contributed by atoms with E-state index in [1.807, 2.05) is 86.6 Å². The van der Waals surface area contributed by atoms with Crippen LogP contribution in [0, 0.1) is 6.92 Å². The maximum Gasteiger partial charge on any atom is 0.179 e. The van der Waals surface area contributed by atoms with E-state index in [0.29, 0.717) is 10.4 Å². The second-order valence-electron chi connectivity index (χ2n) is 9.01. The van der Waals surface area contributed by atoms with E-state index in [0.717, 1.165) is 45.2 Å². The van der Waals surface area contributed by atoms with Crippen molar-refractivity contribution in [3.63, 3.8) is 0 Å². The fourth-order valence-corrected chi connectivity index (χ4v) is 4.47. The Labute approximate surface area is 220 Å². The van der Waals surface area contributed by atoms with Crippen molar-refractivity contribution in [3.05, 3.63) is 95.1 Å². The molecule has 7 nitrogen and oxygen atoms in total. The van der Waals surface area contributed by atoms with Gasteiger partial charge in [-0.15, -0.1) is 0 Å². The Morgan fingerprint density at radius 3 is 2.59 bits per heavy atom. The molecule has 3 aromatic rings. The summed E-state index contributed by atoms with van der Waals surface area (Å²) in [4.78, 5) is 14.4. The minimum absolute atomic E-state index is 0.289. The Bertz CT molecular complexity index is 1600. The van der Waals surface area contributed by atoms with E-state index < -0.39 is 5.72 Å². The Morgan fingerprint density at radius 1 is 1.03 bits per heavy atom. The summed E-state index contributed by atoms with van der Waals surface area (Å²) in [6.45, 7) is 4.14. The number of rotatable bonds is 7. The Balaban J connectivity index is 1.84. The second kappa shape index (κ2) is 10.3. The van der Waals surface area contributed by atoms with Gasteiger partial charge in [0.15, 0.2) is 5.72 Å². The smallest absolute Gasteiger partial charge is 0.179 e. The number of methoxy groups -OCH3 is 2. The third kappa shape index (κ3) is 5.20. The topological polar surface area (TPSA) is 73.6 Å². The maximum atomic E-state index is 6.40. The van der Waals surface area contributed by atoms with E-state index in [9.17, 15) is 0 Å². The molecule has 0 radical (unpaired) electrons. The molecular formula is C29H28ClN5O2. The summed E-state index contributed by atoms with van der Waals surface area (Å²) in [5.74, 6) is 0. The van der Waals surface area contributed by atoms with Crippen molar-refractivity contribution in [2.24, 2.45) is 4.99 Å². The highest BCUT2D eigenvalue weighted by Crippen LogP contribution is 2.31. The van der Waals surface area contributed by atoms with Crippen LogP contribution in [0.25, 0.3) is 28.1 Å². The van der Waals surface area contributed by atoms with Gasteiger partial charge in [-0.2, -0.15) is 0 Å². The predicted octanol–water partition coefficient (Wildman–Crippen LogP) is 6.14. The molecule has 188 valence electrons. The molecule has 1 aliphatic carbocycles. The molecule has 2 aromatic carbocycles. The Morgan fingerprint density at radius 2 is 1.86 bits per heavy atom. The van der Waals surface area contributed by atoms with Crippen LogP contribution in [-0.2, 0) is 9.47 Å². The number of fused-ring (bicyclic) bond motifs is 2. The fraction of sp³-hybridized carbons (Fsp3) is 0.207. The second-order valence-corrected chi connectivity index (χ2v) is 9.45. The Kier molecular flexibility index (Phi) is 6.93. The molecule has 37 heavy (non-hydrogen) atoms. The van der Waals surface area contributed by atoms with Gasteiger partial charge < -0.3 is 19.4 Å². The van der Waals surface area contributed by atoms with Crippen molar-refractivity contribution < 1.29 is 9.47 Å². The first kappa shape index (κ1) is 24.9. The SMILES string of the molecule is COCC(C)(N=c1cc2n(-c3cccc(Cl)c3)c3ccccc3nc-2cc1Nc1ccc(C)nc1)OC. The minimum Gasteiger partial charge on any atom is -0.380 e. The van der Waals surface area contributed by atoms with E-state index in [2.05, 4.69) is 14.9 Å². The largest absolute Gasteiger partial charge is 0.380 e. The average molecular weight is 514 g/mol. The van der Waals surface area contributed by atoms with Gasteiger partial charge in [0, 0.05) is 30.6 Å². The van der Waals surface area contributed by atoms with Gasteiger partial charge in [0.05, 0.1) is 52.0 Å². The summed E-state index contributed by atoms with van der Waals surface area (Å²) in [7, 11) is 3.26. The number of aryl methyl sites for hydroxylation is 1. The number of hydrogen-bond acceptors (Lipinski definition) is 6. The fourth-order valence-electron chi connectivity index (χ4n) is 4.28. The molecule has 8 heteroatoms. The standard InChI is InChI=1S/C29H28ClN5O2/c1-19-12-13-21(17-31-19)32-24-15-26-28(16-25(24)34-29(2,37-4)18-36-3)35(22-9-7-8-20(30)14-22)27-11-6-5-10-23(27)33-26/h5-17,32H,18H2,1-4H3. The molecule has 0 bridgehead atoms. The van der Waals surface area contributed by atoms with Crippen LogP contribution in [0.3, 0.4) is 0 Å². The number of nitrogens with zero attached hydrogens (tertiary/aromatic N) is 4. The highest BCUT2D eigenvalue weighted by molar-refractivity contribution is 6.30. The van der Waals surface area contributed by atoms with Gasteiger partial charge in [0.1, 0.15) is 0 Å². The average Bonchev–Trinajstić information content (AvgIpc) is 2.89. The first-order valence-corrected chi connectivity index (χ1v) is 12.3. The minimum atomic E-state index is -0.893. The van der Waals surface area contributed by atoms with Crippen molar-refractivity contribution in [2.45, 2.75) is 19.6 Å². The van der Waals surface area contributed by atoms with Crippen molar-refractivity contribution in [2.75, 3.05) is 26.1 Å². The monoisotopic (exact) mass is 513 g/mol. The van der Waals surface area contributed by atoms with E-state index in [4.69, 9.17) is 31.1 Å². The number of benzene rings is 3. The zero-order chi connectivity index (χ0) is 26.0. The molecule has 1 aliphatic heterocycles. The quantitative estimate of drug-likeness (QED) is 0.265. The van der Waals surface area contributed by atoms with Crippen LogP contribution in [0.2, 0.25) is 5.02 Å². The lowest BCUT2D eigenvalue weighted by atomic mass is 10.1. The van der Waals surface area contributed by atoms with Crippen LogP contribution in [0.15, 0.2) is 84.0 Å². The number of nitrogens with one attached hydrogen (secondary N) is 1. The van der Waals surface area contributed by atoms with Gasteiger partial charge in [-0.3, -0.25) is 4.98 Å². The summed E-state index contributed by atoms with van der Waals surface area (Å²) < 4.78 is 13.3. The summed E-state index contributed by atoms with van der Waals surface area (Å²) in [5, 5.41) is 4.82. The highest BCUT2D eigenvalue weighted by atomic mass is 35.5. The first-order chi connectivity index (χ1) is 17.9. The molecule has 1 aromatic heterocycles. The predicted molar refractivity (Wildman–Crippen MR) is 148 cm³/mol. The zero-order valence-electron chi connectivity index (χ0n) is 21.2. The van der Waals surface area contributed by atoms with E-state index >= 15 is 0 Å². The van der Waals surface area contributed by atoms with Crippen LogP contribution in [0.4, 0.5) is 11.4 Å². The number of ether oxygens (including phenoxy) is 2. The van der Waals surface area contributed by atoms with Gasteiger partial charge in [0.25, 0.3) is 0 Å². The normalized spacial score (nSPS) is 13.7. The number of halogens is 1. The van der Waals surface area contributed by atoms with Crippen LogP contribution < -0.4 is 10.7 Å². The number of anilines is 2. The van der Waals surface area contributed by atoms with Gasteiger partial charge >= 0.3 is 0 Å². The van der Waals surface area contributed by atoms with Crippen LogP contribution in [-0.4, -0.2) is 41.1 Å². The molecule has 0 fully saturated rings. The number of para-hydroxylation sites is 2. The van der Waals surface area contributed by atoms with Crippen molar-refractivity contribution in [1.29, 1.82) is 0 Å². The highest BCUT2D eigenvalue weighted by Gasteiger charge is 2.23. The molecule has 0 saturated heterocycles. The van der Waals surface area contributed by atoms with Gasteiger partial charge in [0.2, 0.25) is 0 Å². The molecule has 1 atom stereocenters. The molecule has 0 amide bonds. The van der Waals surface area contributed by atoms with Crippen molar-refractivity contribution in [1.82, 2.24) is 14.5 Å². The van der Waals surface area contributed by atoms with Gasteiger partial charge in [-0.1, -0.05) is 29.8 Å². The van der Waals surface area contributed by atoms with Crippen LogP contribution in [0.5, 0.6) is 0 Å². The summed E-state index contributed by atoms with van der Waals surface area (Å²) in [6.07, 6.45) is 1.80.